The molecule has 1 N–H and O–H groups in total. The molecule has 21 heterocycles. The van der Waals surface area contributed by atoms with Crippen LogP contribution < -0.4 is 0 Å². The summed E-state index contributed by atoms with van der Waals surface area (Å²) in [7, 11) is 28.1. The fourth-order valence-electron chi connectivity index (χ4n) is 15.5. The van der Waals surface area contributed by atoms with Gasteiger partial charge in [0.05, 0.1) is 33.0 Å². The second-order valence-electron chi connectivity index (χ2n) is 25.8. The predicted octanol–water partition coefficient (Wildman–Crippen LogP) is -2.37. The zero-order valence-corrected chi connectivity index (χ0v) is 64.0. The monoisotopic (exact) mass is 1530 g/mol. The van der Waals surface area contributed by atoms with Crippen molar-refractivity contribution in [2.24, 2.45) is 0 Å². The third-order valence-corrected chi connectivity index (χ3v) is 19.9. The van der Waals surface area contributed by atoms with Crippen LogP contribution in [0.4, 0.5) is 0 Å². The number of carbonyl (C=O) groups excluding carboxylic acids is 2. The van der Waals surface area contributed by atoms with E-state index in [0.717, 1.165) is 6.92 Å². The van der Waals surface area contributed by atoms with Gasteiger partial charge in [-0.05, 0) is 0 Å². The summed E-state index contributed by atoms with van der Waals surface area (Å²) in [6.45, 7) is -0.107. The molecule has 0 radical (unpaired) electrons. The molecule has 0 aliphatic carbocycles. The lowest BCUT2D eigenvalue weighted by molar-refractivity contribution is -0.446. The van der Waals surface area contributed by atoms with Crippen molar-refractivity contribution in [1.29, 1.82) is 0 Å². The van der Waals surface area contributed by atoms with Gasteiger partial charge >= 0.3 is 11.9 Å². The molecule has 0 unspecified atom stereocenters. The number of aliphatic hydroxyl groups is 1. The average Bonchev–Trinajstić information content (AvgIpc) is 0.747. The van der Waals surface area contributed by atoms with Crippen LogP contribution in [0.15, 0.2) is 0 Å². The van der Waals surface area contributed by atoms with Crippen LogP contribution in [0.1, 0.15) is 13.8 Å². The summed E-state index contributed by atoms with van der Waals surface area (Å²) < 4.78 is 232. The minimum Gasteiger partial charge on any atom is -0.427 e. The van der Waals surface area contributed by atoms with E-state index in [-0.39, 0.29) is 26.4 Å². The Morgan fingerprint density at radius 1 is 0.267 bits per heavy atom. The van der Waals surface area contributed by atoms with E-state index < -0.39 is 246 Å². The lowest BCUT2D eigenvalue weighted by Crippen LogP contribution is -2.73. The highest BCUT2D eigenvalue weighted by Gasteiger charge is 2.67. The minimum absolute atomic E-state index is 0.142. The molecule has 35 atom stereocenters. The molecular formula is C66H114O39. The summed E-state index contributed by atoms with van der Waals surface area (Å²) in [5, 5.41) is 11.4. The molecule has 105 heavy (non-hydrogen) atoms. The molecule has 0 amide bonds. The molecule has 0 aromatic rings. The van der Waals surface area contributed by atoms with Gasteiger partial charge in [0, 0.05) is 156 Å². The van der Waals surface area contributed by atoms with Crippen LogP contribution in [0.5, 0.6) is 0 Å². The van der Waals surface area contributed by atoms with Gasteiger partial charge in [0.15, 0.2) is 56.2 Å². The molecule has 612 valence electrons. The Bertz CT molecular complexity index is 2540. The molecule has 0 aromatic carbocycles. The van der Waals surface area contributed by atoms with E-state index in [1.165, 1.54) is 149 Å². The Morgan fingerprint density at radius 3 is 0.686 bits per heavy atom. The molecule has 0 saturated carbocycles. The van der Waals surface area contributed by atoms with E-state index in [1.54, 1.807) is 0 Å². The highest BCUT2D eigenvalue weighted by atomic mass is 16.9. The number of ether oxygens (including phenoxy) is 36. The van der Waals surface area contributed by atoms with Crippen molar-refractivity contribution in [2.75, 3.05) is 188 Å². The predicted molar refractivity (Wildman–Crippen MR) is 346 cm³/mol. The highest BCUT2D eigenvalue weighted by Crippen LogP contribution is 2.46. The van der Waals surface area contributed by atoms with Gasteiger partial charge in [0.25, 0.3) is 11.6 Å². The van der Waals surface area contributed by atoms with Crippen LogP contribution in [0.2, 0.25) is 0 Å². The summed E-state index contributed by atoms with van der Waals surface area (Å²) in [6, 6.07) is 0. The van der Waals surface area contributed by atoms with Crippen molar-refractivity contribution in [3.05, 3.63) is 0 Å². The number of hydrogen-bond donors (Lipinski definition) is 1. The number of aliphatic hydroxyl groups excluding tert-OH is 1. The summed E-state index contributed by atoms with van der Waals surface area (Å²) >= 11 is 0. The topological polar surface area (TPSA) is 387 Å². The first kappa shape index (κ1) is 88.1. The van der Waals surface area contributed by atoms with Crippen LogP contribution in [0.3, 0.4) is 0 Å². The Morgan fingerprint density at radius 2 is 0.476 bits per heavy atom. The fraction of sp³-hybridized carbons (Fsp3) is 0.970. The number of hydrogen-bond acceptors (Lipinski definition) is 39. The van der Waals surface area contributed by atoms with E-state index in [1.807, 2.05) is 0 Å². The largest absolute Gasteiger partial charge is 0.427 e. The van der Waals surface area contributed by atoms with Crippen LogP contribution >= 0.6 is 0 Å². The Labute approximate surface area is 612 Å². The summed E-state index contributed by atoms with van der Waals surface area (Å²) in [5.74, 6) is -6.27. The van der Waals surface area contributed by atoms with E-state index in [0.29, 0.717) is 0 Å². The van der Waals surface area contributed by atoms with Crippen LogP contribution in [0, 0.1) is 0 Å². The molecule has 21 saturated heterocycles. The Balaban J connectivity index is 1.29. The zero-order chi connectivity index (χ0) is 76.6. The van der Waals surface area contributed by atoms with Gasteiger partial charge in [0.1, 0.15) is 160 Å². The Hall–Kier alpha value is -2.46. The molecule has 21 rings (SSSR count). The zero-order valence-electron chi connectivity index (χ0n) is 64.0. The Kier molecular flexibility index (Phi) is 34.7. The molecule has 39 nitrogen and oxygen atoms in total. The molecular weight excluding hydrogens is 1420 g/mol. The second kappa shape index (κ2) is 41.4. The van der Waals surface area contributed by atoms with Gasteiger partial charge in [-0.1, -0.05) is 0 Å². The quantitative estimate of drug-likeness (QED) is 0.0765. The van der Waals surface area contributed by atoms with Gasteiger partial charge < -0.3 is 176 Å². The minimum atomic E-state index is -2.30. The maximum Gasteiger partial charge on any atom is 0.305 e. The fourth-order valence-corrected chi connectivity index (χ4v) is 15.5. The number of methoxy groups -OCH3 is 20. The summed E-state index contributed by atoms with van der Waals surface area (Å²) in [5.41, 5.74) is 0. The second-order valence-corrected chi connectivity index (χ2v) is 25.8. The molecule has 0 aromatic heterocycles. The van der Waals surface area contributed by atoms with Gasteiger partial charge in [-0.3, -0.25) is 9.59 Å². The van der Waals surface area contributed by atoms with Crippen molar-refractivity contribution in [3.8, 4) is 0 Å². The highest BCUT2D eigenvalue weighted by molar-refractivity contribution is 5.67. The van der Waals surface area contributed by atoms with E-state index in [2.05, 4.69) is 0 Å². The number of rotatable bonds is 29. The molecule has 39 heteroatoms. The SMILES string of the molecule is COC[C@H]1O[C@@H]2O[C@H]3[C@H](OC)[C@@H](OC)[C@@H](O[C@H]4[C@H](OC)[C@@H](OC)[C@@H](O[C@H]5[C@H](OC)[C@@H](OC)[C@H](O[C@@H]5COC)O[C@H]5[C@H](OC)[C@@H](OC)[C@@H](O[C@H]6[C@H](OC)[C@@H](OC)[C@@H](O[C@H]7[C@H](OC)[C@@H](OC)[C@@H](O[C@H]1[C@H](OC)[C@H]2OC)O[C@@H]7COC)O[C@@H]6CO)O[C@@]5(COC)OC(C)=O)O[C@@H]4COC)O[C@@]3(COC)OC(C)=O. The van der Waals surface area contributed by atoms with Gasteiger partial charge in [-0.25, -0.2) is 0 Å². The van der Waals surface area contributed by atoms with Crippen LogP contribution in [0.25, 0.3) is 0 Å². The van der Waals surface area contributed by atoms with E-state index in [9.17, 15) is 14.7 Å². The first-order valence-corrected chi connectivity index (χ1v) is 34.3. The van der Waals surface area contributed by atoms with Gasteiger partial charge in [-0.2, -0.15) is 0 Å². The number of carbonyl (C=O) groups is 2. The molecule has 21 aliphatic rings. The van der Waals surface area contributed by atoms with Gasteiger partial charge in [0.2, 0.25) is 0 Å². The molecule has 21 fully saturated rings. The lowest BCUT2D eigenvalue weighted by Gasteiger charge is -2.54. The van der Waals surface area contributed by atoms with Crippen LogP contribution in [-0.2, 0) is 180 Å². The first-order valence-electron chi connectivity index (χ1n) is 34.3. The smallest absolute Gasteiger partial charge is 0.305 e. The van der Waals surface area contributed by atoms with E-state index in [4.69, 9.17) is 171 Å². The normalized spacial score (nSPS) is 45.1. The third-order valence-electron chi connectivity index (χ3n) is 19.9. The summed E-state index contributed by atoms with van der Waals surface area (Å²) in [6.07, 6.45) is -41.9. The van der Waals surface area contributed by atoms with E-state index >= 15 is 0 Å². The van der Waals surface area contributed by atoms with Crippen molar-refractivity contribution in [1.82, 2.24) is 0 Å². The van der Waals surface area contributed by atoms with Crippen molar-refractivity contribution in [3.63, 3.8) is 0 Å². The maximum absolute atomic E-state index is 13.7. The van der Waals surface area contributed by atoms with Crippen molar-refractivity contribution >= 4 is 11.9 Å². The van der Waals surface area contributed by atoms with Crippen molar-refractivity contribution < 1.29 is 185 Å². The summed E-state index contributed by atoms with van der Waals surface area (Å²) in [4.78, 5) is 27.3. The molecule has 14 bridgehead atoms. The number of esters is 2. The third kappa shape index (κ3) is 18.8. The average molecular weight is 1530 g/mol. The standard InChI is InChI=1S/C66H114O39/c1-30(68)102-65(28-74-7)56-47(81-14)54(88-21)63(104-65)98-37-32(23-67)90-58(49(83-16)42(37)76-9)95-38-33(24-70-3)91-59(50(84-17)43(38)77-10)96-39-34(25-71-4)93-62(52(86-19)44(39)78-11)101-57-48(82-15)55(89-22)64(105-66(57,29-75-8)103-31(2)69)99-41-36(27-73-6)92-60(51(85-18)46(41)80-13)97-40-35(26-72-5)94-61(100-56)53(87-20)45(40)79-12/h32-64,67H,23-29H2,1-22H3/t32-,33-,34-,35-,36-,37-,38-,39-,40-,41-,42+,43+,44+,45+,46+,47-,48-,49-,50-,51-,52-,53-,54-,55-,56+,57+,58-,59-,60-,61-,62-,63+,64+,65-,66-/m1/s1. The first-order chi connectivity index (χ1) is 50.7. The molecule has 0 spiro atoms. The van der Waals surface area contributed by atoms with Crippen molar-refractivity contribution in [2.45, 2.75) is 228 Å². The maximum atomic E-state index is 13.7. The van der Waals surface area contributed by atoms with Gasteiger partial charge in [-0.15, -0.1) is 0 Å². The lowest BCUT2D eigenvalue weighted by atomic mass is 9.93. The van der Waals surface area contributed by atoms with Crippen LogP contribution in [-0.4, -0.2) is 420 Å². The molecule has 21 aliphatic heterocycles.